The third-order valence-corrected chi connectivity index (χ3v) is 4.94. The van der Waals surface area contributed by atoms with E-state index in [1.165, 1.54) is 6.20 Å². The number of anilines is 2. The van der Waals surface area contributed by atoms with Crippen LogP contribution in [0, 0.1) is 6.92 Å². The lowest BCUT2D eigenvalue weighted by Crippen LogP contribution is -2.43. The summed E-state index contributed by atoms with van der Waals surface area (Å²) in [6.07, 6.45) is 7.48. The number of nitrogens with one attached hydrogen (secondary N) is 2. The van der Waals surface area contributed by atoms with Crippen molar-refractivity contribution in [2.75, 3.05) is 43.4 Å². The lowest BCUT2D eigenvalue weighted by molar-refractivity contribution is 0.112. The van der Waals surface area contributed by atoms with Crippen LogP contribution in [0.4, 0.5) is 11.6 Å². The van der Waals surface area contributed by atoms with Gasteiger partial charge in [-0.15, -0.1) is 5.10 Å². The van der Waals surface area contributed by atoms with Crippen molar-refractivity contribution in [3.63, 3.8) is 0 Å². The monoisotopic (exact) mass is 419 g/mol. The van der Waals surface area contributed by atoms with Crippen LogP contribution in [-0.2, 0) is 0 Å². The molecular formula is C21H25N9O. The SMILES string of the molecule is CNc1cc(N2CCNCC2)nn1-c1ccc(C)cn1.O=Cc1cnn2cccnc12. The van der Waals surface area contributed by atoms with Crippen molar-refractivity contribution in [1.29, 1.82) is 0 Å². The molecule has 0 saturated carbocycles. The predicted molar refractivity (Wildman–Crippen MR) is 119 cm³/mol. The van der Waals surface area contributed by atoms with Crippen molar-refractivity contribution in [2.24, 2.45) is 0 Å². The maximum absolute atomic E-state index is 10.4. The Morgan fingerprint density at radius 1 is 1.13 bits per heavy atom. The molecular weight excluding hydrogens is 394 g/mol. The highest BCUT2D eigenvalue weighted by molar-refractivity contribution is 5.83. The van der Waals surface area contributed by atoms with Gasteiger partial charge >= 0.3 is 0 Å². The number of rotatable bonds is 4. The molecule has 160 valence electrons. The van der Waals surface area contributed by atoms with Gasteiger partial charge in [0.2, 0.25) is 0 Å². The third-order valence-electron chi connectivity index (χ3n) is 4.94. The van der Waals surface area contributed by atoms with E-state index >= 15 is 0 Å². The average Bonchev–Trinajstić information content (AvgIpc) is 3.45. The zero-order chi connectivity index (χ0) is 21.6. The second kappa shape index (κ2) is 9.35. The van der Waals surface area contributed by atoms with E-state index in [1.54, 1.807) is 23.0 Å². The van der Waals surface area contributed by atoms with E-state index in [0.717, 1.165) is 55.5 Å². The molecule has 4 aromatic rings. The number of fused-ring (bicyclic) bond motifs is 1. The topological polar surface area (TPSA) is 105 Å². The summed E-state index contributed by atoms with van der Waals surface area (Å²) < 4.78 is 3.42. The number of aryl methyl sites for hydroxylation is 1. The van der Waals surface area contributed by atoms with Gasteiger partial charge < -0.3 is 15.5 Å². The standard InChI is InChI=1S/C14H20N6.C7H5N3O/c1-11-3-4-12(17-10-11)20-13(15-2)9-14(18-20)19-7-5-16-6-8-19;11-5-6-4-9-10-3-1-2-8-7(6)10/h3-4,9-10,15-16H,5-8H2,1-2H3;1-5H. The molecule has 4 aromatic heterocycles. The predicted octanol–water partition coefficient (Wildman–Crippen LogP) is 1.57. The Bertz CT molecular complexity index is 1140. The Kier molecular flexibility index (Phi) is 6.18. The molecule has 0 atom stereocenters. The van der Waals surface area contributed by atoms with Gasteiger partial charge in [-0.25, -0.2) is 14.5 Å². The lowest BCUT2D eigenvalue weighted by Gasteiger charge is -2.26. The Labute approximate surface area is 179 Å². The molecule has 5 rings (SSSR count). The first-order valence-corrected chi connectivity index (χ1v) is 10.1. The quantitative estimate of drug-likeness (QED) is 0.480. The summed E-state index contributed by atoms with van der Waals surface area (Å²) in [6, 6.07) is 7.88. The molecule has 1 aliphatic heterocycles. The summed E-state index contributed by atoms with van der Waals surface area (Å²) in [5.41, 5.74) is 2.27. The largest absolute Gasteiger partial charge is 0.373 e. The molecule has 0 radical (unpaired) electrons. The highest BCUT2D eigenvalue weighted by Gasteiger charge is 2.16. The van der Waals surface area contributed by atoms with Gasteiger partial charge in [0, 0.05) is 57.9 Å². The van der Waals surface area contributed by atoms with Crippen LogP contribution in [0.5, 0.6) is 0 Å². The maximum Gasteiger partial charge on any atom is 0.165 e. The first-order valence-electron chi connectivity index (χ1n) is 10.1. The Hall–Kier alpha value is -3.79. The molecule has 0 aliphatic carbocycles. The zero-order valence-corrected chi connectivity index (χ0v) is 17.6. The van der Waals surface area contributed by atoms with Crippen LogP contribution in [-0.4, -0.2) is 68.9 Å². The van der Waals surface area contributed by atoms with Crippen molar-refractivity contribution in [1.82, 2.24) is 34.7 Å². The fourth-order valence-corrected chi connectivity index (χ4v) is 3.28. The molecule has 10 nitrogen and oxygen atoms in total. The zero-order valence-electron chi connectivity index (χ0n) is 17.6. The number of aromatic nitrogens is 6. The molecule has 1 aliphatic rings. The van der Waals surface area contributed by atoms with Gasteiger partial charge in [-0.3, -0.25) is 4.79 Å². The summed E-state index contributed by atoms with van der Waals surface area (Å²) in [7, 11) is 1.91. The molecule has 0 aromatic carbocycles. The Morgan fingerprint density at radius 3 is 2.68 bits per heavy atom. The fourth-order valence-electron chi connectivity index (χ4n) is 3.28. The van der Waals surface area contributed by atoms with E-state index in [-0.39, 0.29) is 0 Å². The van der Waals surface area contributed by atoms with Gasteiger partial charge in [-0.05, 0) is 24.6 Å². The molecule has 0 amide bonds. The highest BCUT2D eigenvalue weighted by Crippen LogP contribution is 2.22. The number of piperazine rings is 1. The Balaban J connectivity index is 0.000000177. The van der Waals surface area contributed by atoms with Crippen molar-refractivity contribution < 1.29 is 4.79 Å². The van der Waals surface area contributed by atoms with E-state index in [0.29, 0.717) is 11.2 Å². The number of pyridine rings is 1. The van der Waals surface area contributed by atoms with Crippen LogP contribution < -0.4 is 15.5 Å². The molecule has 2 N–H and O–H groups in total. The van der Waals surface area contributed by atoms with Gasteiger partial charge in [-0.2, -0.15) is 9.78 Å². The fraction of sp³-hybridized carbons (Fsp3) is 0.286. The van der Waals surface area contributed by atoms with E-state index in [9.17, 15) is 4.79 Å². The molecule has 5 heterocycles. The Morgan fingerprint density at radius 2 is 1.97 bits per heavy atom. The molecule has 0 spiro atoms. The number of hydrogen-bond acceptors (Lipinski definition) is 8. The normalized spacial score (nSPS) is 13.5. The molecule has 10 heteroatoms. The summed E-state index contributed by atoms with van der Waals surface area (Å²) in [6.45, 7) is 6.02. The van der Waals surface area contributed by atoms with Crippen LogP contribution in [0.15, 0.2) is 49.1 Å². The van der Waals surface area contributed by atoms with Crippen LogP contribution in [0.3, 0.4) is 0 Å². The molecule has 31 heavy (non-hydrogen) atoms. The number of hydrogen-bond donors (Lipinski definition) is 2. The van der Waals surface area contributed by atoms with Gasteiger partial charge in [-0.1, -0.05) is 6.07 Å². The first kappa shape index (κ1) is 20.5. The highest BCUT2D eigenvalue weighted by atomic mass is 16.1. The van der Waals surface area contributed by atoms with Crippen LogP contribution in [0.25, 0.3) is 11.5 Å². The van der Waals surface area contributed by atoms with Gasteiger partial charge in [0.25, 0.3) is 0 Å². The second-order valence-electron chi connectivity index (χ2n) is 7.09. The minimum absolute atomic E-state index is 0.519. The average molecular weight is 419 g/mol. The van der Waals surface area contributed by atoms with Gasteiger partial charge in [0.1, 0.15) is 5.82 Å². The first-order chi connectivity index (χ1) is 15.2. The van der Waals surface area contributed by atoms with E-state index in [1.807, 2.05) is 37.0 Å². The molecule has 1 saturated heterocycles. The summed E-state index contributed by atoms with van der Waals surface area (Å²) in [5, 5.41) is 15.1. The number of nitrogens with zero attached hydrogens (tertiary/aromatic N) is 7. The van der Waals surface area contributed by atoms with Crippen molar-refractivity contribution in [3.8, 4) is 5.82 Å². The van der Waals surface area contributed by atoms with Crippen LogP contribution >= 0.6 is 0 Å². The lowest BCUT2D eigenvalue weighted by atomic mass is 10.3. The van der Waals surface area contributed by atoms with Gasteiger partial charge in [0.05, 0.1) is 11.8 Å². The number of carbonyl (C=O) groups excluding carboxylic acids is 1. The summed E-state index contributed by atoms with van der Waals surface area (Å²) in [5.74, 6) is 2.79. The van der Waals surface area contributed by atoms with Crippen LogP contribution in [0.2, 0.25) is 0 Å². The van der Waals surface area contributed by atoms with Crippen LogP contribution in [0.1, 0.15) is 15.9 Å². The van der Waals surface area contributed by atoms with E-state index in [2.05, 4.69) is 36.7 Å². The van der Waals surface area contributed by atoms with E-state index < -0.39 is 0 Å². The van der Waals surface area contributed by atoms with Gasteiger partial charge in [0.15, 0.2) is 23.6 Å². The maximum atomic E-state index is 10.4. The smallest absolute Gasteiger partial charge is 0.165 e. The molecule has 0 bridgehead atoms. The number of aldehydes is 1. The molecule has 0 unspecified atom stereocenters. The van der Waals surface area contributed by atoms with Crippen molar-refractivity contribution >= 4 is 23.6 Å². The van der Waals surface area contributed by atoms with E-state index in [4.69, 9.17) is 5.10 Å². The second-order valence-corrected chi connectivity index (χ2v) is 7.09. The molecule has 1 fully saturated rings. The summed E-state index contributed by atoms with van der Waals surface area (Å²) in [4.78, 5) is 21.1. The third kappa shape index (κ3) is 4.53. The number of carbonyl (C=O) groups is 1. The minimum Gasteiger partial charge on any atom is -0.373 e. The summed E-state index contributed by atoms with van der Waals surface area (Å²) >= 11 is 0. The van der Waals surface area contributed by atoms with Crippen molar-refractivity contribution in [2.45, 2.75) is 6.92 Å². The minimum atomic E-state index is 0.519. The van der Waals surface area contributed by atoms with Crippen molar-refractivity contribution in [3.05, 3.63) is 60.2 Å².